The van der Waals surface area contributed by atoms with Crippen molar-refractivity contribution in [1.29, 1.82) is 0 Å². The number of rotatable bonds is 8. The average Bonchev–Trinajstić information content (AvgIpc) is 2.11. The third kappa shape index (κ3) is 7.80. The molecule has 92 valence electrons. The maximum Gasteiger partial charge on any atom is 0.0517 e. The molecule has 0 aliphatic carbocycles. The summed E-state index contributed by atoms with van der Waals surface area (Å²) in [6, 6.07) is 0. The van der Waals surface area contributed by atoms with Crippen LogP contribution >= 0.6 is 0 Å². The van der Waals surface area contributed by atoms with Gasteiger partial charge in [0.05, 0.1) is 6.61 Å². The lowest BCUT2D eigenvalue weighted by atomic mass is 9.76. The van der Waals surface area contributed by atoms with E-state index in [9.17, 15) is 5.11 Å². The second-order valence-corrected chi connectivity index (χ2v) is 6.07. The van der Waals surface area contributed by atoms with Gasteiger partial charge in [0.2, 0.25) is 0 Å². The van der Waals surface area contributed by atoms with Crippen LogP contribution in [0.2, 0.25) is 0 Å². The van der Waals surface area contributed by atoms with Crippen molar-refractivity contribution in [2.75, 3.05) is 19.8 Å². The molecule has 0 atom stereocenters. The van der Waals surface area contributed by atoms with Crippen LogP contribution < -0.4 is 0 Å². The maximum absolute atomic E-state index is 9.23. The molecule has 0 saturated heterocycles. The molecule has 1 N–H and O–H groups in total. The van der Waals surface area contributed by atoms with Crippen molar-refractivity contribution in [1.82, 2.24) is 0 Å². The van der Waals surface area contributed by atoms with Crippen molar-refractivity contribution in [3.8, 4) is 0 Å². The zero-order chi connectivity index (χ0) is 11.9. The second kappa shape index (κ2) is 6.49. The molecule has 0 fully saturated rings. The number of unbranched alkanes of at least 4 members (excludes halogenated alkanes) is 1. The maximum atomic E-state index is 9.23. The van der Waals surface area contributed by atoms with Gasteiger partial charge >= 0.3 is 0 Å². The zero-order valence-electron chi connectivity index (χ0n) is 11.1. The van der Waals surface area contributed by atoms with Crippen LogP contribution in [0.25, 0.3) is 0 Å². The van der Waals surface area contributed by atoms with E-state index in [0.29, 0.717) is 0 Å². The van der Waals surface area contributed by atoms with E-state index in [0.717, 1.165) is 26.1 Å². The van der Waals surface area contributed by atoms with Gasteiger partial charge in [0.25, 0.3) is 0 Å². The SMILES string of the molecule is CCCCOCC(C)(C)CC(C)(C)CO. The molecule has 0 radical (unpaired) electrons. The minimum atomic E-state index is -0.00236. The summed E-state index contributed by atoms with van der Waals surface area (Å²) in [6.45, 7) is 12.7. The summed E-state index contributed by atoms with van der Waals surface area (Å²) < 4.78 is 5.65. The van der Waals surface area contributed by atoms with Gasteiger partial charge in [-0.1, -0.05) is 41.0 Å². The van der Waals surface area contributed by atoms with E-state index < -0.39 is 0 Å². The number of hydrogen-bond acceptors (Lipinski definition) is 2. The van der Waals surface area contributed by atoms with Crippen molar-refractivity contribution >= 4 is 0 Å². The van der Waals surface area contributed by atoms with Gasteiger partial charge in [-0.05, 0) is 23.7 Å². The molecular formula is C13H28O2. The molecule has 0 heterocycles. The third-order valence-electron chi connectivity index (χ3n) is 2.52. The standard InChI is InChI=1S/C13H28O2/c1-6-7-8-15-11-13(4,5)9-12(2,3)10-14/h14H,6-11H2,1-5H3. The highest BCUT2D eigenvalue weighted by atomic mass is 16.5. The predicted molar refractivity (Wildman–Crippen MR) is 65.0 cm³/mol. The Labute approximate surface area is 95.0 Å². The van der Waals surface area contributed by atoms with E-state index in [4.69, 9.17) is 4.74 Å². The Kier molecular flexibility index (Phi) is 6.46. The van der Waals surface area contributed by atoms with Crippen LogP contribution in [-0.2, 0) is 4.74 Å². The first-order chi connectivity index (χ1) is 6.83. The van der Waals surface area contributed by atoms with Crippen LogP contribution in [0.3, 0.4) is 0 Å². The Balaban J connectivity index is 3.85. The van der Waals surface area contributed by atoms with Gasteiger partial charge in [-0.2, -0.15) is 0 Å². The highest BCUT2D eigenvalue weighted by Gasteiger charge is 2.28. The molecule has 0 saturated carbocycles. The summed E-state index contributed by atoms with van der Waals surface area (Å²) in [5, 5.41) is 9.23. The van der Waals surface area contributed by atoms with Crippen molar-refractivity contribution < 1.29 is 9.84 Å². The van der Waals surface area contributed by atoms with E-state index in [1.165, 1.54) is 6.42 Å². The lowest BCUT2D eigenvalue weighted by Gasteiger charge is -2.33. The molecule has 0 amide bonds. The quantitative estimate of drug-likeness (QED) is 0.631. The monoisotopic (exact) mass is 216 g/mol. The van der Waals surface area contributed by atoms with E-state index in [1.54, 1.807) is 0 Å². The Bertz CT molecular complexity index is 162. The van der Waals surface area contributed by atoms with Crippen molar-refractivity contribution in [2.45, 2.75) is 53.9 Å². The first-order valence-electron chi connectivity index (χ1n) is 6.01. The molecule has 0 bridgehead atoms. The summed E-state index contributed by atoms with van der Waals surface area (Å²) in [5.74, 6) is 0. The largest absolute Gasteiger partial charge is 0.396 e. The van der Waals surface area contributed by atoms with Gasteiger partial charge in [0.15, 0.2) is 0 Å². The van der Waals surface area contributed by atoms with Crippen LogP contribution in [0.4, 0.5) is 0 Å². The van der Waals surface area contributed by atoms with Gasteiger partial charge in [-0.25, -0.2) is 0 Å². The molecule has 0 aromatic carbocycles. The molecule has 0 aromatic rings. The molecule has 0 rings (SSSR count). The molecule has 2 heteroatoms. The average molecular weight is 216 g/mol. The van der Waals surface area contributed by atoms with Crippen LogP contribution in [0.1, 0.15) is 53.9 Å². The minimum absolute atomic E-state index is 0.00236. The van der Waals surface area contributed by atoms with Crippen LogP contribution in [-0.4, -0.2) is 24.9 Å². The molecular weight excluding hydrogens is 188 g/mol. The minimum Gasteiger partial charge on any atom is -0.396 e. The fourth-order valence-electron chi connectivity index (χ4n) is 2.00. The van der Waals surface area contributed by atoms with Gasteiger partial charge in [0.1, 0.15) is 0 Å². The number of aliphatic hydroxyl groups is 1. The molecule has 0 unspecified atom stereocenters. The molecule has 0 aliphatic rings. The van der Waals surface area contributed by atoms with Crippen LogP contribution in [0, 0.1) is 10.8 Å². The molecule has 0 aliphatic heterocycles. The predicted octanol–water partition coefficient (Wildman–Crippen LogP) is 3.24. The molecule has 0 spiro atoms. The Morgan fingerprint density at radius 2 is 1.67 bits per heavy atom. The lowest BCUT2D eigenvalue weighted by molar-refractivity contribution is 0.0213. The second-order valence-electron chi connectivity index (χ2n) is 6.07. The van der Waals surface area contributed by atoms with E-state index >= 15 is 0 Å². The van der Waals surface area contributed by atoms with Gasteiger partial charge in [0, 0.05) is 13.2 Å². The van der Waals surface area contributed by atoms with E-state index in [1.807, 2.05) is 0 Å². The Morgan fingerprint density at radius 3 is 2.13 bits per heavy atom. The Morgan fingerprint density at radius 1 is 1.07 bits per heavy atom. The lowest BCUT2D eigenvalue weighted by Crippen LogP contribution is -2.29. The molecule has 0 aromatic heterocycles. The highest BCUT2D eigenvalue weighted by Crippen LogP contribution is 2.33. The number of hydrogen-bond donors (Lipinski definition) is 1. The first kappa shape index (κ1) is 14.9. The third-order valence-corrected chi connectivity index (χ3v) is 2.52. The fraction of sp³-hybridized carbons (Fsp3) is 1.00. The smallest absolute Gasteiger partial charge is 0.0517 e. The van der Waals surface area contributed by atoms with Gasteiger partial charge in [-0.15, -0.1) is 0 Å². The number of aliphatic hydroxyl groups excluding tert-OH is 1. The normalized spacial score (nSPS) is 13.2. The first-order valence-corrected chi connectivity index (χ1v) is 6.01. The van der Waals surface area contributed by atoms with Gasteiger partial charge in [-0.3, -0.25) is 0 Å². The van der Waals surface area contributed by atoms with Crippen LogP contribution in [0.15, 0.2) is 0 Å². The summed E-state index contributed by atoms with van der Waals surface area (Å²) in [7, 11) is 0. The van der Waals surface area contributed by atoms with Gasteiger partial charge < -0.3 is 9.84 Å². The number of ether oxygens (including phenoxy) is 1. The zero-order valence-corrected chi connectivity index (χ0v) is 11.1. The molecule has 15 heavy (non-hydrogen) atoms. The summed E-state index contributed by atoms with van der Waals surface area (Å²) in [5.41, 5.74) is 0.150. The molecule has 2 nitrogen and oxygen atoms in total. The fourth-order valence-corrected chi connectivity index (χ4v) is 2.00. The summed E-state index contributed by atoms with van der Waals surface area (Å²) >= 11 is 0. The van der Waals surface area contributed by atoms with E-state index in [2.05, 4.69) is 34.6 Å². The topological polar surface area (TPSA) is 29.5 Å². The van der Waals surface area contributed by atoms with Crippen LogP contribution in [0.5, 0.6) is 0 Å². The summed E-state index contributed by atoms with van der Waals surface area (Å²) in [6.07, 6.45) is 3.31. The highest BCUT2D eigenvalue weighted by molar-refractivity contribution is 4.78. The Hall–Kier alpha value is -0.0800. The van der Waals surface area contributed by atoms with E-state index in [-0.39, 0.29) is 17.4 Å². The van der Waals surface area contributed by atoms with Crippen molar-refractivity contribution in [2.24, 2.45) is 10.8 Å². The summed E-state index contributed by atoms with van der Waals surface area (Å²) in [4.78, 5) is 0. The van der Waals surface area contributed by atoms with Crippen molar-refractivity contribution in [3.63, 3.8) is 0 Å². The van der Waals surface area contributed by atoms with Crippen molar-refractivity contribution in [3.05, 3.63) is 0 Å².